The molecule has 1 aliphatic rings. The number of fused-ring (bicyclic) bond motifs is 1. The number of amides is 1. The van der Waals surface area contributed by atoms with E-state index in [0.29, 0.717) is 37.4 Å². The summed E-state index contributed by atoms with van der Waals surface area (Å²) in [7, 11) is -2.02. The normalized spacial score (nSPS) is 15.8. The number of methoxy groups -OCH3 is 1. The summed E-state index contributed by atoms with van der Waals surface area (Å²) in [5.74, 6) is 0.370. The molecule has 0 radical (unpaired) electrons. The lowest BCUT2D eigenvalue weighted by atomic mass is 10.1. The molecular weight excluding hydrogens is 402 g/mol. The molecule has 0 saturated carbocycles. The highest BCUT2D eigenvalue weighted by Gasteiger charge is 2.30. The van der Waals surface area contributed by atoms with E-state index < -0.39 is 10.0 Å². The van der Waals surface area contributed by atoms with Gasteiger partial charge in [0.05, 0.1) is 17.5 Å². The molecule has 0 spiro atoms. The highest BCUT2D eigenvalue weighted by Crippen LogP contribution is 2.23. The Bertz CT molecular complexity index is 1150. The molecule has 2 aromatic carbocycles. The van der Waals surface area contributed by atoms with Crippen molar-refractivity contribution in [3.05, 3.63) is 66.4 Å². The van der Waals surface area contributed by atoms with E-state index in [1.807, 2.05) is 30.3 Å². The number of nitrogens with one attached hydrogen (secondary N) is 1. The van der Waals surface area contributed by atoms with Gasteiger partial charge in [-0.2, -0.15) is 4.31 Å². The van der Waals surface area contributed by atoms with Crippen LogP contribution in [-0.2, 0) is 10.0 Å². The van der Waals surface area contributed by atoms with Gasteiger partial charge in [0.1, 0.15) is 11.4 Å². The second kappa shape index (κ2) is 8.41. The quantitative estimate of drug-likeness (QED) is 0.679. The van der Waals surface area contributed by atoms with Crippen molar-refractivity contribution in [2.24, 2.45) is 0 Å². The molecule has 1 amide bonds. The number of carbonyl (C=O) groups excluding carboxylic acids is 1. The number of para-hydroxylation sites is 1. The average molecular weight is 426 g/mol. The summed E-state index contributed by atoms with van der Waals surface area (Å²) in [4.78, 5) is 17.3. The Labute approximate surface area is 175 Å². The molecule has 156 valence electrons. The van der Waals surface area contributed by atoms with Gasteiger partial charge in [-0.1, -0.05) is 24.3 Å². The molecule has 8 heteroatoms. The summed E-state index contributed by atoms with van der Waals surface area (Å²) >= 11 is 0. The van der Waals surface area contributed by atoms with E-state index in [-0.39, 0.29) is 16.8 Å². The van der Waals surface area contributed by atoms with E-state index >= 15 is 0 Å². The SMILES string of the molecule is COc1ccc(S(=O)(=O)N2CCC(NC(=O)c3ccc4ccccc4n3)CC2)cc1. The zero-order valence-corrected chi connectivity index (χ0v) is 17.4. The van der Waals surface area contributed by atoms with Crippen LogP contribution in [0.5, 0.6) is 5.75 Å². The molecule has 0 atom stereocenters. The van der Waals surface area contributed by atoms with Crippen LogP contribution >= 0.6 is 0 Å². The average Bonchev–Trinajstić information content (AvgIpc) is 2.79. The lowest BCUT2D eigenvalue weighted by molar-refractivity contribution is 0.0919. The second-order valence-electron chi connectivity index (χ2n) is 7.22. The Morgan fingerprint density at radius 1 is 1.03 bits per heavy atom. The van der Waals surface area contributed by atoms with Crippen LogP contribution in [0, 0.1) is 0 Å². The van der Waals surface area contributed by atoms with Crippen molar-refractivity contribution in [1.82, 2.24) is 14.6 Å². The number of hydrogen-bond acceptors (Lipinski definition) is 5. The molecule has 1 aliphatic heterocycles. The molecule has 1 N–H and O–H groups in total. The van der Waals surface area contributed by atoms with E-state index in [4.69, 9.17) is 4.74 Å². The predicted octanol–water partition coefficient (Wildman–Crippen LogP) is 2.83. The van der Waals surface area contributed by atoms with Crippen LogP contribution in [0.1, 0.15) is 23.3 Å². The number of nitrogens with zero attached hydrogens (tertiary/aromatic N) is 2. The van der Waals surface area contributed by atoms with Crippen LogP contribution in [0.2, 0.25) is 0 Å². The monoisotopic (exact) mass is 425 g/mol. The molecule has 0 bridgehead atoms. The van der Waals surface area contributed by atoms with Crippen molar-refractivity contribution in [1.29, 1.82) is 0 Å². The van der Waals surface area contributed by atoms with E-state index in [9.17, 15) is 13.2 Å². The number of pyridine rings is 1. The molecule has 7 nitrogen and oxygen atoms in total. The molecule has 2 heterocycles. The van der Waals surface area contributed by atoms with Crippen molar-refractivity contribution in [3.8, 4) is 5.75 Å². The van der Waals surface area contributed by atoms with Crippen molar-refractivity contribution < 1.29 is 17.9 Å². The van der Waals surface area contributed by atoms with Crippen molar-refractivity contribution >= 4 is 26.8 Å². The molecule has 4 rings (SSSR count). The summed E-state index contributed by atoms with van der Waals surface area (Å²) in [5.41, 5.74) is 1.13. The fourth-order valence-electron chi connectivity index (χ4n) is 3.59. The first-order valence-electron chi connectivity index (χ1n) is 9.78. The zero-order valence-electron chi connectivity index (χ0n) is 16.6. The predicted molar refractivity (Wildman–Crippen MR) is 114 cm³/mol. The summed E-state index contributed by atoms with van der Waals surface area (Å²) in [5, 5.41) is 3.97. The third-order valence-corrected chi connectivity index (χ3v) is 7.23. The highest BCUT2D eigenvalue weighted by molar-refractivity contribution is 7.89. The van der Waals surface area contributed by atoms with Crippen LogP contribution in [0.15, 0.2) is 65.6 Å². The molecule has 1 fully saturated rings. The van der Waals surface area contributed by atoms with Gasteiger partial charge in [-0.25, -0.2) is 13.4 Å². The first-order valence-corrected chi connectivity index (χ1v) is 11.2. The van der Waals surface area contributed by atoms with Crippen LogP contribution in [-0.4, -0.2) is 49.9 Å². The summed E-state index contributed by atoms with van der Waals surface area (Å²) in [6.07, 6.45) is 1.10. The van der Waals surface area contributed by atoms with Crippen LogP contribution < -0.4 is 10.1 Å². The summed E-state index contributed by atoms with van der Waals surface area (Å²) in [6.45, 7) is 0.703. The van der Waals surface area contributed by atoms with E-state index in [0.717, 1.165) is 10.9 Å². The lowest BCUT2D eigenvalue weighted by Crippen LogP contribution is -2.46. The van der Waals surface area contributed by atoms with Crippen LogP contribution in [0.25, 0.3) is 10.9 Å². The number of benzene rings is 2. The topological polar surface area (TPSA) is 88.6 Å². The van der Waals surface area contributed by atoms with Gasteiger partial charge in [0.2, 0.25) is 10.0 Å². The molecule has 0 unspecified atom stereocenters. The smallest absolute Gasteiger partial charge is 0.270 e. The van der Waals surface area contributed by atoms with E-state index in [1.54, 1.807) is 30.3 Å². The number of carbonyl (C=O) groups is 1. The third kappa shape index (κ3) is 4.15. The van der Waals surface area contributed by atoms with Gasteiger partial charge >= 0.3 is 0 Å². The number of rotatable bonds is 5. The Kier molecular flexibility index (Phi) is 5.69. The number of sulfonamides is 1. The molecular formula is C22H23N3O4S. The standard InChI is InChI=1S/C22H23N3O4S/c1-29-18-7-9-19(10-8-18)30(27,28)25-14-12-17(13-15-25)23-22(26)21-11-6-16-4-2-3-5-20(16)24-21/h2-11,17H,12-15H2,1H3,(H,23,26). The molecule has 1 saturated heterocycles. The fourth-order valence-corrected chi connectivity index (χ4v) is 5.06. The van der Waals surface area contributed by atoms with Crippen molar-refractivity contribution in [2.75, 3.05) is 20.2 Å². The van der Waals surface area contributed by atoms with Gasteiger partial charge in [0.25, 0.3) is 5.91 Å². The lowest BCUT2D eigenvalue weighted by Gasteiger charge is -2.31. The maximum atomic E-state index is 12.8. The van der Waals surface area contributed by atoms with E-state index in [2.05, 4.69) is 10.3 Å². The number of piperidine rings is 1. The van der Waals surface area contributed by atoms with Gasteiger partial charge in [0, 0.05) is 24.5 Å². The van der Waals surface area contributed by atoms with Gasteiger partial charge in [-0.15, -0.1) is 0 Å². The van der Waals surface area contributed by atoms with Crippen LogP contribution in [0.3, 0.4) is 0 Å². The van der Waals surface area contributed by atoms with Gasteiger partial charge < -0.3 is 10.1 Å². The molecule has 0 aliphatic carbocycles. The third-order valence-electron chi connectivity index (χ3n) is 5.32. The molecule has 30 heavy (non-hydrogen) atoms. The zero-order chi connectivity index (χ0) is 21.1. The number of aromatic nitrogens is 1. The van der Waals surface area contributed by atoms with Gasteiger partial charge in [-0.3, -0.25) is 4.79 Å². The fraction of sp³-hybridized carbons (Fsp3) is 0.273. The Hall–Kier alpha value is -2.97. The maximum Gasteiger partial charge on any atom is 0.270 e. The molecule has 1 aromatic heterocycles. The van der Waals surface area contributed by atoms with Gasteiger partial charge in [0.15, 0.2) is 0 Å². The Morgan fingerprint density at radius 3 is 2.43 bits per heavy atom. The minimum absolute atomic E-state index is 0.0897. The first kappa shape index (κ1) is 20.3. The minimum atomic E-state index is -3.56. The van der Waals surface area contributed by atoms with Crippen LogP contribution in [0.4, 0.5) is 0 Å². The maximum absolute atomic E-state index is 12.8. The largest absolute Gasteiger partial charge is 0.497 e. The summed E-state index contributed by atoms with van der Waals surface area (Å²) < 4.78 is 32.2. The van der Waals surface area contributed by atoms with E-state index in [1.165, 1.54) is 11.4 Å². The Morgan fingerprint density at radius 2 is 1.73 bits per heavy atom. The minimum Gasteiger partial charge on any atom is -0.497 e. The summed E-state index contributed by atoms with van der Waals surface area (Å²) in [6, 6.07) is 17.5. The Balaban J connectivity index is 1.38. The molecule has 3 aromatic rings. The second-order valence-corrected chi connectivity index (χ2v) is 9.15. The number of hydrogen-bond donors (Lipinski definition) is 1. The van der Waals surface area contributed by atoms with Gasteiger partial charge in [-0.05, 0) is 49.2 Å². The first-order chi connectivity index (χ1) is 14.5. The number of ether oxygens (including phenoxy) is 1. The van der Waals surface area contributed by atoms with Crippen molar-refractivity contribution in [2.45, 2.75) is 23.8 Å². The van der Waals surface area contributed by atoms with Crippen molar-refractivity contribution in [3.63, 3.8) is 0 Å². The highest BCUT2D eigenvalue weighted by atomic mass is 32.2.